The van der Waals surface area contributed by atoms with E-state index in [0.717, 1.165) is 48.2 Å². The number of hydrogen-bond acceptors (Lipinski definition) is 4. The van der Waals surface area contributed by atoms with E-state index >= 15 is 0 Å². The molecule has 0 atom stereocenters. The zero-order valence-electron chi connectivity index (χ0n) is 10.9. The third kappa shape index (κ3) is 5.87. The van der Waals surface area contributed by atoms with Gasteiger partial charge in [0.05, 0.1) is 6.61 Å². The molecule has 0 saturated heterocycles. The van der Waals surface area contributed by atoms with Gasteiger partial charge in [-0.2, -0.15) is 11.8 Å². The SMILES string of the molecule is C=CCSCCNc1cc(N)cc(OCCC)c1. The summed E-state index contributed by atoms with van der Waals surface area (Å²) in [5.41, 5.74) is 7.59. The van der Waals surface area contributed by atoms with Gasteiger partial charge in [0.2, 0.25) is 0 Å². The van der Waals surface area contributed by atoms with Gasteiger partial charge in [0.1, 0.15) is 5.75 Å². The predicted octanol–water partition coefficient (Wildman–Crippen LogP) is 3.39. The predicted molar refractivity (Wildman–Crippen MR) is 82.7 cm³/mol. The highest BCUT2D eigenvalue weighted by molar-refractivity contribution is 7.99. The lowest BCUT2D eigenvalue weighted by Gasteiger charge is -2.10. The monoisotopic (exact) mass is 266 g/mol. The number of benzene rings is 1. The summed E-state index contributed by atoms with van der Waals surface area (Å²) in [5, 5.41) is 3.35. The fourth-order valence-corrected chi connectivity index (χ4v) is 2.04. The van der Waals surface area contributed by atoms with Crippen molar-refractivity contribution in [1.82, 2.24) is 0 Å². The van der Waals surface area contributed by atoms with Crippen LogP contribution in [0.25, 0.3) is 0 Å². The molecule has 0 aliphatic heterocycles. The van der Waals surface area contributed by atoms with Crippen molar-refractivity contribution in [1.29, 1.82) is 0 Å². The van der Waals surface area contributed by atoms with Crippen molar-refractivity contribution in [3.05, 3.63) is 30.9 Å². The molecular weight excluding hydrogens is 244 g/mol. The van der Waals surface area contributed by atoms with E-state index in [1.165, 1.54) is 0 Å². The Bertz CT molecular complexity index is 369. The smallest absolute Gasteiger partial charge is 0.123 e. The molecule has 4 heteroatoms. The van der Waals surface area contributed by atoms with Crippen LogP contribution in [0.3, 0.4) is 0 Å². The first-order valence-electron chi connectivity index (χ1n) is 6.22. The minimum Gasteiger partial charge on any atom is -0.493 e. The maximum atomic E-state index is 5.84. The first kappa shape index (κ1) is 14.8. The standard InChI is InChI=1S/C14H22N2OS/c1-3-6-17-14-10-12(15)9-13(11-14)16-5-8-18-7-4-2/h4,9-11,16H,2-3,5-8,15H2,1H3. The average molecular weight is 266 g/mol. The van der Waals surface area contributed by atoms with Crippen molar-refractivity contribution in [2.75, 3.05) is 35.7 Å². The van der Waals surface area contributed by atoms with E-state index < -0.39 is 0 Å². The van der Waals surface area contributed by atoms with Gasteiger partial charge in [0, 0.05) is 41.6 Å². The molecule has 0 heterocycles. The lowest BCUT2D eigenvalue weighted by atomic mass is 10.2. The summed E-state index contributed by atoms with van der Waals surface area (Å²) in [7, 11) is 0. The molecule has 0 aromatic heterocycles. The van der Waals surface area contributed by atoms with Gasteiger partial charge in [-0.05, 0) is 12.5 Å². The molecule has 1 aromatic carbocycles. The van der Waals surface area contributed by atoms with Crippen LogP contribution in [-0.2, 0) is 0 Å². The Kier molecular flexibility index (Phi) is 7.18. The van der Waals surface area contributed by atoms with E-state index in [2.05, 4.69) is 18.8 Å². The number of nitrogen functional groups attached to an aromatic ring is 1. The molecule has 0 saturated carbocycles. The van der Waals surface area contributed by atoms with E-state index in [1.54, 1.807) is 0 Å². The van der Waals surface area contributed by atoms with Gasteiger partial charge < -0.3 is 15.8 Å². The minimum absolute atomic E-state index is 0.720. The molecule has 1 aromatic rings. The Balaban J connectivity index is 2.43. The van der Waals surface area contributed by atoms with Crippen molar-refractivity contribution in [3.63, 3.8) is 0 Å². The summed E-state index contributed by atoms with van der Waals surface area (Å²) in [6.45, 7) is 7.41. The maximum absolute atomic E-state index is 5.84. The van der Waals surface area contributed by atoms with Crippen LogP contribution in [0.2, 0.25) is 0 Å². The minimum atomic E-state index is 0.720. The number of nitrogens with two attached hydrogens (primary N) is 1. The lowest BCUT2D eigenvalue weighted by molar-refractivity contribution is 0.318. The fraction of sp³-hybridized carbons (Fsp3) is 0.429. The Morgan fingerprint density at radius 3 is 3.00 bits per heavy atom. The van der Waals surface area contributed by atoms with Crippen LogP contribution in [0.1, 0.15) is 13.3 Å². The number of rotatable bonds is 9. The maximum Gasteiger partial charge on any atom is 0.123 e. The third-order valence-corrected chi connectivity index (χ3v) is 3.18. The zero-order chi connectivity index (χ0) is 13.2. The molecular formula is C14H22N2OS. The van der Waals surface area contributed by atoms with Gasteiger partial charge in [-0.25, -0.2) is 0 Å². The van der Waals surface area contributed by atoms with Crippen molar-refractivity contribution in [3.8, 4) is 5.75 Å². The number of hydrogen-bond donors (Lipinski definition) is 2. The molecule has 0 bridgehead atoms. The van der Waals surface area contributed by atoms with Crippen molar-refractivity contribution < 1.29 is 4.74 Å². The average Bonchev–Trinajstić information content (AvgIpc) is 2.35. The summed E-state index contributed by atoms with van der Waals surface area (Å²) in [4.78, 5) is 0. The normalized spacial score (nSPS) is 10.1. The topological polar surface area (TPSA) is 47.3 Å². The van der Waals surface area contributed by atoms with Crippen LogP contribution < -0.4 is 15.8 Å². The largest absolute Gasteiger partial charge is 0.493 e. The number of thioether (sulfide) groups is 1. The zero-order valence-corrected chi connectivity index (χ0v) is 11.8. The van der Waals surface area contributed by atoms with Gasteiger partial charge in [0.15, 0.2) is 0 Å². The molecule has 0 unspecified atom stereocenters. The molecule has 3 N–H and O–H groups in total. The van der Waals surface area contributed by atoms with Crippen molar-refractivity contribution in [2.45, 2.75) is 13.3 Å². The number of ether oxygens (including phenoxy) is 1. The highest BCUT2D eigenvalue weighted by atomic mass is 32.2. The van der Waals surface area contributed by atoms with Crippen LogP contribution in [-0.4, -0.2) is 24.7 Å². The van der Waals surface area contributed by atoms with E-state index in [1.807, 2.05) is 36.0 Å². The van der Waals surface area contributed by atoms with E-state index in [-0.39, 0.29) is 0 Å². The quantitative estimate of drug-likeness (QED) is 0.408. The highest BCUT2D eigenvalue weighted by Crippen LogP contribution is 2.22. The molecule has 0 aliphatic carbocycles. The molecule has 0 radical (unpaired) electrons. The fourth-order valence-electron chi connectivity index (χ4n) is 1.46. The van der Waals surface area contributed by atoms with Crippen LogP contribution in [0.5, 0.6) is 5.75 Å². The second-order valence-electron chi connectivity index (χ2n) is 3.93. The Morgan fingerprint density at radius 2 is 2.28 bits per heavy atom. The van der Waals surface area contributed by atoms with Crippen molar-refractivity contribution >= 4 is 23.1 Å². The summed E-state index contributed by atoms with van der Waals surface area (Å²) in [6.07, 6.45) is 2.91. The highest BCUT2D eigenvalue weighted by Gasteiger charge is 1.99. The second-order valence-corrected chi connectivity index (χ2v) is 5.08. The Morgan fingerprint density at radius 1 is 1.44 bits per heavy atom. The van der Waals surface area contributed by atoms with Crippen LogP contribution in [0.15, 0.2) is 30.9 Å². The molecule has 3 nitrogen and oxygen atoms in total. The first-order chi connectivity index (χ1) is 8.76. The lowest BCUT2D eigenvalue weighted by Crippen LogP contribution is -2.05. The third-order valence-electron chi connectivity index (χ3n) is 2.21. The molecule has 0 aliphatic rings. The van der Waals surface area contributed by atoms with Crippen LogP contribution in [0, 0.1) is 0 Å². The molecule has 100 valence electrons. The van der Waals surface area contributed by atoms with Crippen molar-refractivity contribution in [2.24, 2.45) is 0 Å². The summed E-state index contributed by atoms with van der Waals surface area (Å²) in [6, 6.07) is 5.77. The summed E-state index contributed by atoms with van der Waals surface area (Å²) >= 11 is 1.85. The molecule has 1 rings (SSSR count). The summed E-state index contributed by atoms with van der Waals surface area (Å²) < 4.78 is 5.58. The molecule has 0 fully saturated rings. The van der Waals surface area contributed by atoms with Gasteiger partial charge in [-0.3, -0.25) is 0 Å². The number of nitrogens with one attached hydrogen (secondary N) is 1. The molecule has 18 heavy (non-hydrogen) atoms. The van der Waals surface area contributed by atoms with E-state index in [4.69, 9.17) is 10.5 Å². The second kappa shape index (κ2) is 8.75. The molecule has 0 spiro atoms. The molecule has 0 amide bonds. The van der Waals surface area contributed by atoms with E-state index in [9.17, 15) is 0 Å². The Hall–Kier alpha value is -1.29. The summed E-state index contributed by atoms with van der Waals surface area (Å²) in [5.74, 6) is 2.87. The van der Waals surface area contributed by atoms with Gasteiger partial charge in [-0.15, -0.1) is 6.58 Å². The van der Waals surface area contributed by atoms with Gasteiger partial charge in [-0.1, -0.05) is 13.0 Å². The van der Waals surface area contributed by atoms with E-state index in [0.29, 0.717) is 0 Å². The van der Waals surface area contributed by atoms with Crippen LogP contribution >= 0.6 is 11.8 Å². The van der Waals surface area contributed by atoms with Gasteiger partial charge >= 0.3 is 0 Å². The Labute approximate surface area is 114 Å². The van der Waals surface area contributed by atoms with Gasteiger partial charge in [0.25, 0.3) is 0 Å². The number of anilines is 2. The van der Waals surface area contributed by atoms with Crippen LogP contribution in [0.4, 0.5) is 11.4 Å². The first-order valence-corrected chi connectivity index (χ1v) is 7.37.